The third kappa shape index (κ3) is 6.04. The van der Waals surface area contributed by atoms with Crippen molar-refractivity contribution in [3.05, 3.63) is 41.2 Å². The number of likely N-dealkylation sites (tertiary alicyclic amines) is 1. The molecule has 1 N–H and O–H groups in total. The zero-order valence-corrected chi connectivity index (χ0v) is 16.7. The molecular weight excluding hydrogens is 385 g/mol. The Morgan fingerprint density at radius 2 is 2.15 bits per heavy atom. The molecule has 1 atom stereocenters. The summed E-state index contributed by atoms with van der Waals surface area (Å²) in [7, 11) is 0. The van der Waals surface area contributed by atoms with E-state index in [1.165, 1.54) is 53.8 Å². The van der Waals surface area contributed by atoms with E-state index in [1.807, 2.05) is 10.3 Å². The minimum atomic E-state index is -0.341. The van der Waals surface area contributed by atoms with Crippen LogP contribution in [0.2, 0.25) is 0 Å². The van der Waals surface area contributed by atoms with Crippen molar-refractivity contribution in [2.75, 3.05) is 24.2 Å². The van der Waals surface area contributed by atoms with Gasteiger partial charge in [0.05, 0.1) is 17.9 Å². The molecule has 1 fully saturated rings. The number of aromatic nitrogens is 1. The number of anilines is 1. The molecule has 1 aromatic carbocycles. The number of benzene rings is 1. The number of carbonyl (C=O) groups is 2. The SMILES string of the molecule is CC1CCCN(C(=O)Cc2csc(SCC(=O)Nc3ccc(F)cc3)n2)C1. The zero-order chi connectivity index (χ0) is 19.2. The molecule has 2 heterocycles. The summed E-state index contributed by atoms with van der Waals surface area (Å²) in [5, 5.41) is 4.60. The van der Waals surface area contributed by atoms with Crippen LogP contribution >= 0.6 is 23.1 Å². The molecule has 3 rings (SSSR count). The molecule has 1 saturated heterocycles. The van der Waals surface area contributed by atoms with Crippen molar-refractivity contribution in [1.82, 2.24) is 9.88 Å². The van der Waals surface area contributed by atoms with E-state index in [-0.39, 0.29) is 23.4 Å². The lowest BCUT2D eigenvalue weighted by Crippen LogP contribution is -2.39. The molecular formula is C19H22FN3O2S2. The largest absolute Gasteiger partial charge is 0.342 e. The van der Waals surface area contributed by atoms with Gasteiger partial charge in [-0.15, -0.1) is 11.3 Å². The average molecular weight is 408 g/mol. The molecule has 1 aliphatic heterocycles. The van der Waals surface area contributed by atoms with Crippen LogP contribution in [0.5, 0.6) is 0 Å². The van der Waals surface area contributed by atoms with Crippen LogP contribution < -0.4 is 5.32 Å². The number of thioether (sulfide) groups is 1. The van der Waals surface area contributed by atoms with E-state index in [2.05, 4.69) is 17.2 Å². The number of hydrogen-bond donors (Lipinski definition) is 1. The topological polar surface area (TPSA) is 62.3 Å². The van der Waals surface area contributed by atoms with Gasteiger partial charge in [-0.05, 0) is 43.0 Å². The molecule has 5 nitrogen and oxygen atoms in total. The van der Waals surface area contributed by atoms with Crippen molar-refractivity contribution in [1.29, 1.82) is 0 Å². The number of amides is 2. The van der Waals surface area contributed by atoms with Gasteiger partial charge in [0, 0.05) is 24.2 Å². The van der Waals surface area contributed by atoms with Crippen LogP contribution in [0.1, 0.15) is 25.5 Å². The summed E-state index contributed by atoms with van der Waals surface area (Å²) in [6.07, 6.45) is 2.56. The highest BCUT2D eigenvalue weighted by atomic mass is 32.2. The quantitative estimate of drug-likeness (QED) is 0.740. The van der Waals surface area contributed by atoms with Crippen LogP contribution in [0.25, 0.3) is 0 Å². The van der Waals surface area contributed by atoms with E-state index in [0.717, 1.165) is 29.5 Å². The van der Waals surface area contributed by atoms with E-state index >= 15 is 0 Å². The molecule has 0 radical (unpaired) electrons. The lowest BCUT2D eigenvalue weighted by molar-refractivity contribution is -0.132. The van der Waals surface area contributed by atoms with E-state index in [1.54, 1.807) is 0 Å². The van der Waals surface area contributed by atoms with Crippen molar-refractivity contribution in [3.8, 4) is 0 Å². The first kappa shape index (κ1) is 19.8. The van der Waals surface area contributed by atoms with Crippen molar-refractivity contribution < 1.29 is 14.0 Å². The van der Waals surface area contributed by atoms with Crippen LogP contribution in [-0.2, 0) is 16.0 Å². The number of halogens is 1. The zero-order valence-electron chi connectivity index (χ0n) is 15.1. The predicted molar refractivity (Wildman–Crippen MR) is 107 cm³/mol. The molecule has 2 aromatic rings. The Morgan fingerprint density at radius 1 is 1.37 bits per heavy atom. The second-order valence-corrected chi connectivity index (χ2v) is 8.79. The Morgan fingerprint density at radius 3 is 2.89 bits per heavy atom. The van der Waals surface area contributed by atoms with Gasteiger partial charge < -0.3 is 10.2 Å². The third-order valence-corrected chi connectivity index (χ3v) is 6.40. The van der Waals surface area contributed by atoms with Crippen molar-refractivity contribution in [2.45, 2.75) is 30.5 Å². The lowest BCUT2D eigenvalue weighted by atomic mass is 10.00. The fourth-order valence-electron chi connectivity index (χ4n) is 2.98. The highest BCUT2D eigenvalue weighted by molar-refractivity contribution is 8.01. The number of carbonyl (C=O) groups excluding carboxylic acids is 2. The fraction of sp³-hybridized carbons (Fsp3) is 0.421. The maximum Gasteiger partial charge on any atom is 0.234 e. The van der Waals surface area contributed by atoms with Crippen LogP contribution in [0.15, 0.2) is 34.0 Å². The number of nitrogens with zero attached hydrogens (tertiary/aromatic N) is 2. The highest BCUT2D eigenvalue weighted by Crippen LogP contribution is 2.24. The first-order valence-corrected chi connectivity index (χ1v) is 10.8. The molecule has 144 valence electrons. The van der Waals surface area contributed by atoms with Gasteiger partial charge in [0.1, 0.15) is 5.82 Å². The van der Waals surface area contributed by atoms with Gasteiger partial charge in [-0.2, -0.15) is 0 Å². The number of rotatable bonds is 6. The van der Waals surface area contributed by atoms with E-state index in [0.29, 0.717) is 18.0 Å². The Labute approximate surface area is 166 Å². The van der Waals surface area contributed by atoms with Gasteiger partial charge in [0.15, 0.2) is 4.34 Å². The maximum atomic E-state index is 12.9. The van der Waals surface area contributed by atoms with Crippen molar-refractivity contribution in [3.63, 3.8) is 0 Å². The van der Waals surface area contributed by atoms with Gasteiger partial charge in [0.2, 0.25) is 11.8 Å². The molecule has 27 heavy (non-hydrogen) atoms. The summed E-state index contributed by atoms with van der Waals surface area (Å²) in [6, 6.07) is 5.64. The number of nitrogens with one attached hydrogen (secondary N) is 1. The van der Waals surface area contributed by atoms with E-state index in [9.17, 15) is 14.0 Å². The molecule has 0 aliphatic carbocycles. The summed E-state index contributed by atoms with van der Waals surface area (Å²) < 4.78 is 13.6. The first-order valence-electron chi connectivity index (χ1n) is 8.90. The average Bonchev–Trinajstić information content (AvgIpc) is 3.09. The Bertz CT molecular complexity index is 795. The summed E-state index contributed by atoms with van der Waals surface area (Å²) in [6.45, 7) is 3.83. The van der Waals surface area contributed by atoms with Crippen LogP contribution in [-0.4, -0.2) is 40.5 Å². The van der Waals surface area contributed by atoms with Gasteiger partial charge in [-0.1, -0.05) is 18.7 Å². The number of thiazole rings is 1. The monoisotopic (exact) mass is 407 g/mol. The van der Waals surface area contributed by atoms with Gasteiger partial charge in [-0.3, -0.25) is 9.59 Å². The predicted octanol–water partition coefficient (Wildman–Crippen LogP) is 3.81. The molecule has 0 bridgehead atoms. The molecule has 0 spiro atoms. The summed E-state index contributed by atoms with van der Waals surface area (Å²) >= 11 is 2.77. The van der Waals surface area contributed by atoms with Gasteiger partial charge in [0.25, 0.3) is 0 Å². The normalized spacial score (nSPS) is 17.0. The second-order valence-electron chi connectivity index (χ2n) is 6.71. The van der Waals surface area contributed by atoms with Gasteiger partial charge >= 0.3 is 0 Å². The minimum Gasteiger partial charge on any atom is -0.342 e. The molecule has 8 heteroatoms. The fourth-order valence-corrected chi connectivity index (χ4v) is 4.62. The highest BCUT2D eigenvalue weighted by Gasteiger charge is 2.21. The third-order valence-electron chi connectivity index (χ3n) is 4.33. The smallest absolute Gasteiger partial charge is 0.234 e. The van der Waals surface area contributed by atoms with Crippen LogP contribution in [0.3, 0.4) is 0 Å². The molecule has 1 unspecified atom stereocenters. The second kappa shape index (κ2) is 9.32. The summed E-state index contributed by atoms with van der Waals surface area (Å²) in [5.74, 6) is 0.372. The van der Waals surface area contributed by atoms with Crippen LogP contribution in [0, 0.1) is 11.7 Å². The lowest BCUT2D eigenvalue weighted by Gasteiger charge is -2.30. The first-order chi connectivity index (χ1) is 13.0. The van der Waals surface area contributed by atoms with E-state index < -0.39 is 0 Å². The molecule has 1 aliphatic rings. The van der Waals surface area contributed by atoms with Crippen LogP contribution in [0.4, 0.5) is 10.1 Å². The van der Waals surface area contributed by atoms with Crippen molar-refractivity contribution >= 4 is 40.6 Å². The number of hydrogen-bond acceptors (Lipinski definition) is 5. The standard InChI is InChI=1S/C19H22FN3O2S2/c1-13-3-2-8-23(10-13)18(25)9-16-11-26-19(22-16)27-12-17(24)21-15-6-4-14(20)5-7-15/h4-7,11,13H,2-3,8-10,12H2,1H3,(H,21,24). The summed E-state index contributed by atoms with van der Waals surface area (Å²) in [5.41, 5.74) is 1.31. The number of piperidine rings is 1. The summed E-state index contributed by atoms with van der Waals surface area (Å²) in [4.78, 5) is 30.8. The molecule has 2 amide bonds. The van der Waals surface area contributed by atoms with Gasteiger partial charge in [-0.25, -0.2) is 9.37 Å². The van der Waals surface area contributed by atoms with E-state index in [4.69, 9.17) is 0 Å². The molecule has 0 saturated carbocycles. The Balaban J connectivity index is 1.45. The van der Waals surface area contributed by atoms with Crippen molar-refractivity contribution in [2.24, 2.45) is 5.92 Å². The Hall–Kier alpha value is -1.93. The Kier molecular flexibility index (Phi) is 6.84. The minimum absolute atomic E-state index is 0.123. The molecule has 1 aromatic heterocycles. The maximum absolute atomic E-state index is 12.9.